The Labute approximate surface area is 211 Å². The largest absolute Gasteiger partial charge is 0.489 e. The number of nitrogens with one attached hydrogen (secondary N) is 3. The molecule has 5 rings (SSSR count). The number of ether oxygens (including phenoxy) is 1. The van der Waals surface area contributed by atoms with Gasteiger partial charge in [0.1, 0.15) is 24.5 Å². The molecule has 1 aromatic heterocycles. The average Bonchev–Trinajstić information content (AvgIpc) is 2.94. The fourth-order valence-corrected chi connectivity index (χ4v) is 4.14. The third-order valence-electron chi connectivity index (χ3n) is 6.12. The van der Waals surface area contributed by atoms with E-state index in [-0.39, 0.29) is 11.9 Å². The SMILES string of the molecule is O=C(Nc1ccc(Nc2cc(-c3ccc(OCc4ccccc4)cc3)ncn2)cc1)[C@@H]1CCCCN1. The molecule has 3 aromatic carbocycles. The highest BCUT2D eigenvalue weighted by atomic mass is 16.5. The molecule has 2 heterocycles. The predicted molar refractivity (Wildman–Crippen MR) is 142 cm³/mol. The van der Waals surface area contributed by atoms with Crippen LogP contribution in [0.25, 0.3) is 11.3 Å². The Morgan fingerprint density at radius 2 is 1.69 bits per heavy atom. The normalized spacial score (nSPS) is 15.2. The lowest BCUT2D eigenvalue weighted by atomic mass is 10.0. The van der Waals surface area contributed by atoms with E-state index in [1.165, 1.54) is 0 Å². The van der Waals surface area contributed by atoms with Gasteiger partial charge in [0.25, 0.3) is 0 Å². The highest BCUT2D eigenvalue weighted by molar-refractivity contribution is 5.95. The minimum atomic E-state index is -0.111. The maximum absolute atomic E-state index is 12.4. The molecule has 36 heavy (non-hydrogen) atoms. The number of carbonyl (C=O) groups is 1. The molecule has 182 valence electrons. The first-order chi connectivity index (χ1) is 17.7. The van der Waals surface area contributed by atoms with Gasteiger partial charge in [-0.25, -0.2) is 9.97 Å². The van der Waals surface area contributed by atoms with Gasteiger partial charge in [-0.2, -0.15) is 0 Å². The van der Waals surface area contributed by atoms with Gasteiger partial charge in [-0.3, -0.25) is 4.79 Å². The first kappa shape index (κ1) is 23.5. The first-order valence-electron chi connectivity index (χ1n) is 12.2. The Hall–Kier alpha value is -4.23. The maximum Gasteiger partial charge on any atom is 0.241 e. The summed E-state index contributed by atoms with van der Waals surface area (Å²) in [6.07, 6.45) is 4.64. The van der Waals surface area contributed by atoms with Crippen molar-refractivity contribution >= 4 is 23.1 Å². The second-order valence-corrected chi connectivity index (χ2v) is 8.78. The van der Waals surface area contributed by atoms with E-state index in [1.54, 1.807) is 6.33 Å². The van der Waals surface area contributed by atoms with Crippen LogP contribution in [0.3, 0.4) is 0 Å². The first-order valence-corrected chi connectivity index (χ1v) is 12.2. The Kier molecular flexibility index (Phi) is 7.49. The van der Waals surface area contributed by atoms with E-state index in [0.717, 1.165) is 59.8 Å². The van der Waals surface area contributed by atoms with Crippen molar-refractivity contribution in [2.45, 2.75) is 31.9 Å². The van der Waals surface area contributed by atoms with E-state index >= 15 is 0 Å². The number of hydrogen-bond donors (Lipinski definition) is 3. The summed E-state index contributed by atoms with van der Waals surface area (Å²) in [6.45, 7) is 1.43. The van der Waals surface area contributed by atoms with Crippen molar-refractivity contribution in [2.75, 3.05) is 17.2 Å². The van der Waals surface area contributed by atoms with E-state index in [9.17, 15) is 4.79 Å². The molecule has 0 bridgehead atoms. The fraction of sp³-hybridized carbons (Fsp3) is 0.207. The lowest BCUT2D eigenvalue weighted by Crippen LogP contribution is -2.43. The number of rotatable bonds is 8. The van der Waals surface area contributed by atoms with Gasteiger partial charge in [0.05, 0.1) is 11.7 Å². The van der Waals surface area contributed by atoms with Crippen LogP contribution in [-0.2, 0) is 11.4 Å². The molecule has 3 N–H and O–H groups in total. The van der Waals surface area contributed by atoms with Crippen LogP contribution in [0.5, 0.6) is 5.75 Å². The zero-order chi connectivity index (χ0) is 24.6. The molecule has 0 aliphatic carbocycles. The lowest BCUT2D eigenvalue weighted by Gasteiger charge is -2.22. The molecule has 1 amide bonds. The van der Waals surface area contributed by atoms with Gasteiger partial charge < -0.3 is 20.7 Å². The molecule has 4 aromatic rings. The second kappa shape index (κ2) is 11.5. The summed E-state index contributed by atoms with van der Waals surface area (Å²) < 4.78 is 5.88. The monoisotopic (exact) mass is 479 g/mol. The summed E-state index contributed by atoms with van der Waals surface area (Å²) in [5.41, 5.74) is 4.56. The smallest absolute Gasteiger partial charge is 0.241 e. The van der Waals surface area contributed by atoms with Gasteiger partial charge in [-0.15, -0.1) is 0 Å². The zero-order valence-electron chi connectivity index (χ0n) is 20.0. The molecular formula is C29H29N5O2. The quantitative estimate of drug-likeness (QED) is 0.307. The number of piperidine rings is 1. The third-order valence-corrected chi connectivity index (χ3v) is 6.12. The second-order valence-electron chi connectivity index (χ2n) is 8.78. The van der Waals surface area contributed by atoms with Crippen LogP contribution < -0.4 is 20.7 Å². The Morgan fingerprint density at radius 3 is 2.44 bits per heavy atom. The number of carbonyl (C=O) groups excluding carboxylic acids is 1. The van der Waals surface area contributed by atoms with Gasteiger partial charge in [-0.1, -0.05) is 36.8 Å². The van der Waals surface area contributed by atoms with Crippen LogP contribution in [0.2, 0.25) is 0 Å². The van der Waals surface area contributed by atoms with Crippen LogP contribution >= 0.6 is 0 Å². The van der Waals surface area contributed by atoms with Crippen molar-refractivity contribution < 1.29 is 9.53 Å². The molecule has 1 saturated heterocycles. The summed E-state index contributed by atoms with van der Waals surface area (Å²) in [4.78, 5) is 21.2. The number of aromatic nitrogens is 2. The fourth-order valence-electron chi connectivity index (χ4n) is 4.14. The van der Waals surface area contributed by atoms with Gasteiger partial charge in [0.15, 0.2) is 0 Å². The van der Waals surface area contributed by atoms with Gasteiger partial charge in [-0.05, 0) is 73.5 Å². The number of anilines is 3. The van der Waals surface area contributed by atoms with Crippen LogP contribution in [0.1, 0.15) is 24.8 Å². The molecule has 0 spiro atoms. The molecular weight excluding hydrogens is 450 g/mol. The summed E-state index contributed by atoms with van der Waals surface area (Å²) >= 11 is 0. The number of benzene rings is 3. The summed E-state index contributed by atoms with van der Waals surface area (Å²) in [5.74, 6) is 1.52. The molecule has 0 radical (unpaired) electrons. The van der Waals surface area contributed by atoms with Crippen LogP contribution in [-0.4, -0.2) is 28.5 Å². The number of amides is 1. The Bertz CT molecular complexity index is 1270. The lowest BCUT2D eigenvalue weighted by molar-refractivity contribution is -0.118. The standard InChI is InChI=1S/C29H29N5O2/c35-29(26-8-4-5-17-30-26)34-24-13-11-23(12-14-24)33-28-18-27(31-20-32-28)22-9-15-25(16-10-22)36-19-21-6-2-1-3-7-21/h1-3,6-7,9-16,18,20,26,30H,4-5,8,17,19H2,(H,34,35)(H,31,32,33)/t26-/m0/s1. The molecule has 1 atom stereocenters. The van der Waals surface area contributed by atoms with E-state index in [2.05, 4.69) is 25.9 Å². The molecule has 7 heteroatoms. The minimum absolute atomic E-state index is 0.0207. The third kappa shape index (κ3) is 6.25. The predicted octanol–water partition coefficient (Wildman–Crippen LogP) is 5.55. The van der Waals surface area contributed by atoms with E-state index in [4.69, 9.17) is 4.74 Å². The Morgan fingerprint density at radius 1 is 0.917 bits per heavy atom. The van der Waals surface area contributed by atoms with E-state index in [0.29, 0.717) is 12.4 Å². The van der Waals surface area contributed by atoms with E-state index < -0.39 is 0 Å². The topological polar surface area (TPSA) is 88.2 Å². The average molecular weight is 480 g/mol. The zero-order valence-corrected chi connectivity index (χ0v) is 20.0. The van der Waals surface area contributed by atoms with Crippen LogP contribution in [0.15, 0.2) is 91.3 Å². The van der Waals surface area contributed by atoms with Gasteiger partial charge >= 0.3 is 0 Å². The minimum Gasteiger partial charge on any atom is -0.489 e. The highest BCUT2D eigenvalue weighted by Gasteiger charge is 2.20. The van der Waals surface area contributed by atoms with E-state index in [1.807, 2.05) is 84.9 Å². The van der Waals surface area contributed by atoms with Gasteiger partial charge in [0, 0.05) is 23.0 Å². The molecule has 0 unspecified atom stereocenters. The molecule has 7 nitrogen and oxygen atoms in total. The van der Waals surface area contributed by atoms with Crippen molar-refractivity contribution in [1.82, 2.24) is 15.3 Å². The summed E-state index contributed by atoms with van der Waals surface area (Å²) in [6, 6.07) is 27.4. The van der Waals surface area contributed by atoms with Crippen LogP contribution in [0, 0.1) is 0 Å². The van der Waals surface area contributed by atoms with Crippen molar-refractivity contribution in [3.05, 3.63) is 96.8 Å². The van der Waals surface area contributed by atoms with Crippen molar-refractivity contribution in [3.8, 4) is 17.0 Å². The van der Waals surface area contributed by atoms with Crippen molar-refractivity contribution in [2.24, 2.45) is 0 Å². The number of hydrogen-bond acceptors (Lipinski definition) is 6. The molecule has 0 saturated carbocycles. The van der Waals surface area contributed by atoms with Crippen molar-refractivity contribution in [3.63, 3.8) is 0 Å². The Balaban J connectivity index is 1.18. The van der Waals surface area contributed by atoms with Gasteiger partial charge in [0.2, 0.25) is 5.91 Å². The molecule has 1 aliphatic heterocycles. The molecule has 1 aliphatic rings. The summed E-state index contributed by atoms with van der Waals surface area (Å²) in [7, 11) is 0. The van der Waals surface area contributed by atoms with Crippen molar-refractivity contribution in [1.29, 1.82) is 0 Å². The summed E-state index contributed by atoms with van der Waals surface area (Å²) in [5, 5.41) is 9.57. The number of nitrogens with zero attached hydrogens (tertiary/aromatic N) is 2. The highest BCUT2D eigenvalue weighted by Crippen LogP contribution is 2.24. The molecule has 1 fully saturated rings. The maximum atomic E-state index is 12.4. The van der Waals surface area contributed by atoms with Crippen LogP contribution in [0.4, 0.5) is 17.2 Å².